The van der Waals surface area contributed by atoms with Gasteiger partial charge in [-0.3, -0.25) is 4.79 Å². The average molecular weight is 432 g/mol. The number of hydrogen-bond donors (Lipinski definition) is 2. The maximum atomic E-state index is 12.8. The molecule has 8 heteroatoms. The Hall–Kier alpha value is -2.42. The van der Waals surface area contributed by atoms with Gasteiger partial charge in [0.15, 0.2) is 0 Å². The predicted octanol–water partition coefficient (Wildman–Crippen LogP) is 3.27. The molecule has 1 atom stereocenters. The summed E-state index contributed by atoms with van der Waals surface area (Å²) < 4.78 is 32.2. The van der Waals surface area contributed by atoms with Crippen LogP contribution in [0.3, 0.4) is 0 Å². The van der Waals surface area contributed by atoms with E-state index >= 15 is 0 Å². The van der Waals surface area contributed by atoms with Crippen molar-refractivity contribution < 1.29 is 17.9 Å². The van der Waals surface area contributed by atoms with Crippen molar-refractivity contribution in [3.8, 4) is 0 Å². The number of amides is 1. The molecule has 1 fully saturated rings. The van der Waals surface area contributed by atoms with Gasteiger partial charge < -0.3 is 15.4 Å². The predicted molar refractivity (Wildman–Crippen MR) is 118 cm³/mol. The third kappa shape index (κ3) is 5.59. The molecular formula is C22H29N3O4S. The summed E-state index contributed by atoms with van der Waals surface area (Å²) in [6.07, 6.45) is 1.07. The largest absolute Gasteiger partial charge is 0.379 e. The van der Waals surface area contributed by atoms with Gasteiger partial charge in [0.25, 0.3) is 0 Å². The van der Waals surface area contributed by atoms with Gasteiger partial charge in [-0.2, -0.15) is 4.31 Å². The number of carbonyl (C=O) groups excluding carboxylic acids is 1. The van der Waals surface area contributed by atoms with Crippen LogP contribution in [0.2, 0.25) is 0 Å². The number of nitrogens with one attached hydrogen (secondary N) is 2. The molecule has 2 N–H and O–H groups in total. The zero-order chi connectivity index (χ0) is 21.6. The molecule has 30 heavy (non-hydrogen) atoms. The molecule has 3 rings (SSSR count). The molecule has 0 spiro atoms. The standard InChI is InChI=1S/C22H29N3O4S/c1-3-17(2)18-7-9-19(10-8-18)24-22(26)16-23-20-5-4-6-21(15-20)30(27,28)25-11-13-29-14-12-25/h4-10,15,17,23H,3,11-14,16H2,1-2H3,(H,24,26). The molecule has 0 saturated carbocycles. The number of carbonyl (C=O) groups is 1. The average Bonchev–Trinajstić information content (AvgIpc) is 2.78. The van der Waals surface area contributed by atoms with E-state index in [1.807, 2.05) is 24.3 Å². The summed E-state index contributed by atoms with van der Waals surface area (Å²) in [5.74, 6) is 0.283. The van der Waals surface area contributed by atoms with Crippen LogP contribution in [0.15, 0.2) is 53.4 Å². The number of rotatable bonds is 8. The van der Waals surface area contributed by atoms with Gasteiger partial charge in [-0.25, -0.2) is 8.42 Å². The quantitative estimate of drug-likeness (QED) is 0.670. The van der Waals surface area contributed by atoms with Crippen molar-refractivity contribution >= 4 is 27.3 Å². The Morgan fingerprint density at radius 1 is 1.10 bits per heavy atom. The van der Waals surface area contributed by atoms with E-state index in [2.05, 4.69) is 24.5 Å². The van der Waals surface area contributed by atoms with Crippen LogP contribution in [0.1, 0.15) is 31.7 Å². The van der Waals surface area contributed by atoms with Crippen LogP contribution in [0.4, 0.5) is 11.4 Å². The van der Waals surface area contributed by atoms with E-state index in [4.69, 9.17) is 4.74 Å². The molecule has 0 aliphatic carbocycles. The number of morpholine rings is 1. The van der Waals surface area contributed by atoms with Gasteiger partial charge in [0.2, 0.25) is 15.9 Å². The summed E-state index contributed by atoms with van der Waals surface area (Å²) >= 11 is 0. The lowest BCUT2D eigenvalue weighted by molar-refractivity contribution is -0.114. The molecule has 1 aliphatic heterocycles. The number of ether oxygens (including phenoxy) is 1. The zero-order valence-corrected chi connectivity index (χ0v) is 18.2. The first-order valence-electron chi connectivity index (χ1n) is 10.2. The van der Waals surface area contributed by atoms with Crippen LogP contribution in [0.5, 0.6) is 0 Å². The van der Waals surface area contributed by atoms with Gasteiger partial charge in [-0.05, 0) is 48.2 Å². The fourth-order valence-electron chi connectivity index (χ4n) is 3.22. The van der Waals surface area contributed by atoms with E-state index in [-0.39, 0.29) is 17.3 Å². The summed E-state index contributed by atoms with van der Waals surface area (Å²) in [5, 5.41) is 5.85. The van der Waals surface area contributed by atoms with Crippen molar-refractivity contribution in [3.63, 3.8) is 0 Å². The lowest BCUT2D eigenvalue weighted by Gasteiger charge is -2.26. The lowest BCUT2D eigenvalue weighted by Crippen LogP contribution is -2.40. The van der Waals surface area contributed by atoms with E-state index in [0.717, 1.165) is 12.1 Å². The van der Waals surface area contributed by atoms with E-state index < -0.39 is 10.0 Å². The highest BCUT2D eigenvalue weighted by Crippen LogP contribution is 2.22. The summed E-state index contributed by atoms with van der Waals surface area (Å²) in [7, 11) is -3.57. The Balaban J connectivity index is 1.58. The van der Waals surface area contributed by atoms with Gasteiger partial charge in [0, 0.05) is 24.5 Å². The maximum absolute atomic E-state index is 12.8. The first kappa shape index (κ1) is 22.3. The van der Waals surface area contributed by atoms with Crippen LogP contribution in [-0.2, 0) is 19.6 Å². The third-order valence-electron chi connectivity index (χ3n) is 5.27. The number of hydrogen-bond acceptors (Lipinski definition) is 5. The van der Waals surface area contributed by atoms with Crippen molar-refractivity contribution in [2.24, 2.45) is 0 Å². The highest BCUT2D eigenvalue weighted by Gasteiger charge is 2.26. The molecule has 1 unspecified atom stereocenters. The summed E-state index contributed by atoms with van der Waals surface area (Å²) in [6.45, 7) is 5.84. The smallest absolute Gasteiger partial charge is 0.243 e. The Morgan fingerprint density at radius 2 is 1.80 bits per heavy atom. The Kier molecular flexibility index (Phi) is 7.47. The van der Waals surface area contributed by atoms with Crippen molar-refractivity contribution in [1.29, 1.82) is 0 Å². The minimum Gasteiger partial charge on any atom is -0.379 e. The van der Waals surface area contributed by atoms with Gasteiger partial charge in [0.1, 0.15) is 0 Å². The minimum absolute atomic E-state index is 0.0359. The molecule has 2 aromatic rings. The van der Waals surface area contributed by atoms with Gasteiger partial charge in [-0.1, -0.05) is 32.0 Å². The fourth-order valence-corrected chi connectivity index (χ4v) is 4.68. The maximum Gasteiger partial charge on any atom is 0.243 e. The van der Waals surface area contributed by atoms with Crippen molar-refractivity contribution in [3.05, 3.63) is 54.1 Å². The molecule has 7 nitrogen and oxygen atoms in total. The number of anilines is 2. The molecule has 1 heterocycles. The fraction of sp³-hybridized carbons (Fsp3) is 0.409. The number of sulfonamides is 1. The molecule has 0 bridgehead atoms. The van der Waals surface area contributed by atoms with E-state index in [9.17, 15) is 13.2 Å². The molecule has 1 aliphatic rings. The molecular weight excluding hydrogens is 402 g/mol. The van der Waals surface area contributed by atoms with E-state index in [0.29, 0.717) is 37.9 Å². The number of benzene rings is 2. The number of nitrogens with zero attached hydrogens (tertiary/aromatic N) is 1. The Morgan fingerprint density at radius 3 is 2.47 bits per heavy atom. The SMILES string of the molecule is CCC(C)c1ccc(NC(=O)CNc2cccc(S(=O)(=O)N3CCOCC3)c2)cc1. The molecule has 0 radical (unpaired) electrons. The first-order valence-corrected chi connectivity index (χ1v) is 11.7. The van der Waals surface area contributed by atoms with Crippen LogP contribution >= 0.6 is 0 Å². The molecule has 2 aromatic carbocycles. The van der Waals surface area contributed by atoms with Crippen molar-refractivity contribution in [1.82, 2.24) is 4.31 Å². The molecule has 162 valence electrons. The van der Waals surface area contributed by atoms with Crippen molar-refractivity contribution in [2.75, 3.05) is 43.5 Å². The van der Waals surface area contributed by atoms with Gasteiger partial charge in [0.05, 0.1) is 24.7 Å². The highest BCUT2D eigenvalue weighted by atomic mass is 32.2. The Labute approximate surface area is 178 Å². The Bertz CT molecular complexity index is 955. The highest BCUT2D eigenvalue weighted by molar-refractivity contribution is 7.89. The van der Waals surface area contributed by atoms with E-state index in [1.54, 1.807) is 24.3 Å². The van der Waals surface area contributed by atoms with Crippen LogP contribution in [0, 0.1) is 0 Å². The summed E-state index contributed by atoms with van der Waals surface area (Å²) in [5.41, 5.74) is 2.55. The van der Waals surface area contributed by atoms with E-state index in [1.165, 1.54) is 9.87 Å². The normalized spacial score (nSPS) is 16.1. The van der Waals surface area contributed by atoms with Crippen molar-refractivity contribution in [2.45, 2.75) is 31.1 Å². The van der Waals surface area contributed by atoms with Crippen LogP contribution in [0.25, 0.3) is 0 Å². The summed E-state index contributed by atoms with van der Waals surface area (Å²) in [4.78, 5) is 12.5. The van der Waals surface area contributed by atoms with Gasteiger partial charge in [-0.15, -0.1) is 0 Å². The minimum atomic E-state index is -3.57. The lowest BCUT2D eigenvalue weighted by atomic mass is 9.99. The third-order valence-corrected chi connectivity index (χ3v) is 7.17. The second-order valence-electron chi connectivity index (χ2n) is 7.38. The zero-order valence-electron chi connectivity index (χ0n) is 17.4. The van der Waals surface area contributed by atoms with Crippen LogP contribution < -0.4 is 10.6 Å². The molecule has 1 saturated heterocycles. The summed E-state index contributed by atoms with van der Waals surface area (Å²) in [6, 6.07) is 14.4. The molecule has 0 aromatic heterocycles. The topological polar surface area (TPSA) is 87.7 Å². The second-order valence-corrected chi connectivity index (χ2v) is 9.32. The monoisotopic (exact) mass is 431 g/mol. The molecule has 1 amide bonds. The second kappa shape index (κ2) is 10.1. The van der Waals surface area contributed by atoms with Gasteiger partial charge >= 0.3 is 0 Å². The van der Waals surface area contributed by atoms with Crippen LogP contribution in [-0.4, -0.2) is 51.5 Å². The first-order chi connectivity index (χ1) is 14.4.